The summed E-state index contributed by atoms with van der Waals surface area (Å²) in [6, 6.07) is 7.18. The van der Waals surface area contributed by atoms with Crippen LogP contribution in [-0.2, 0) is 9.59 Å². The van der Waals surface area contributed by atoms with Crippen molar-refractivity contribution in [3.8, 4) is 5.75 Å². The van der Waals surface area contributed by atoms with Gasteiger partial charge in [-0.15, -0.1) is 0 Å². The quantitative estimate of drug-likeness (QED) is 0.476. The molecule has 114 valence electrons. The van der Waals surface area contributed by atoms with Crippen molar-refractivity contribution in [2.75, 3.05) is 38.5 Å². The zero-order valence-electron chi connectivity index (χ0n) is 12.2. The van der Waals surface area contributed by atoms with Gasteiger partial charge in [0.1, 0.15) is 5.75 Å². The van der Waals surface area contributed by atoms with E-state index in [1.165, 1.54) is 0 Å². The minimum Gasteiger partial charge on any atom is -0.494 e. The van der Waals surface area contributed by atoms with Crippen LogP contribution in [0, 0.1) is 0 Å². The first-order chi connectivity index (χ1) is 10.1. The summed E-state index contributed by atoms with van der Waals surface area (Å²) in [5.74, 6) is -0.0545. The van der Waals surface area contributed by atoms with Gasteiger partial charge < -0.3 is 20.3 Å². The van der Waals surface area contributed by atoms with Gasteiger partial charge in [0.05, 0.1) is 6.61 Å². The van der Waals surface area contributed by atoms with Gasteiger partial charge in [-0.1, -0.05) is 0 Å². The van der Waals surface area contributed by atoms with Gasteiger partial charge in [-0.05, 0) is 37.6 Å². The topological polar surface area (TPSA) is 75.9 Å². The third-order valence-corrected chi connectivity index (χ3v) is 3.50. The number of anilines is 1. The molecule has 1 aromatic rings. The second-order valence-electron chi connectivity index (χ2n) is 4.95. The summed E-state index contributed by atoms with van der Waals surface area (Å²) in [6.45, 7) is 4.70. The number of rotatable bonds is 6. The third kappa shape index (κ3) is 3.87. The number of amides is 2. The number of hydrogen-bond acceptors (Lipinski definition) is 4. The van der Waals surface area contributed by atoms with Crippen molar-refractivity contribution < 1.29 is 14.3 Å². The number of ether oxygens (including phenoxy) is 1. The van der Waals surface area contributed by atoms with Gasteiger partial charge in [0.15, 0.2) is 0 Å². The Morgan fingerprint density at radius 1 is 1.10 bits per heavy atom. The van der Waals surface area contributed by atoms with Crippen LogP contribution < -0.4 is 10.5 Å². The highest BCUT2D eigenvalue weighted by Crippen LogP contribution is 2.13. The molecule has 0 spiro atoms. The molecule has 1 aliphatic rings. The molecule has 2 amide bonds. The molecule has 2 N–H and O–H groups in total. The number of carbonyl (C=O) groups is 2. The lowest BCUT2D eigenvalue weighted by atomic mass is 10.2. The number of likely N-dealkylation sites (N-methyl/N-ethyl adjacent to an activating group) is 1. The Labute approximate surface area is 124 Å². The Morgan fingerprint density at radius 2 is 1.71 bits per heavy atom. The van der Waals surface area contributed by atoms with Crippen molar-refractivity contribution in [2.45, 2.75) is 13.3 Å². The van der Waals surface area contributed by atoms with Gasteiger partial charge in [-0.3, -0.25) is 9.59 Å². The fraction of sp³-hybridized carbons (Fsp3) is 0.467. The standard InChI is InChI=1S/C15H21N3O3/c1-2-17-9-10-18(15(20)14(17)19)8-3-11-21-13-6-4-12(16)5-7-13/h4-7H,2-3,8-11,16H2,1H3. The van der Waals surface area contributed by atoms with Gasteiger partial charge >= 0.3 is 11.8 Å². The number of piperazine rings is 1. The Bertz CT molecular complexity index is 501. The molecule has 0 aromatic heterocycles. The Kier molecular flexibility index (Phi) is 5.03. The molecule has 0 saturated carbocycles. The third-order valence-electron chi connectivity index (χ3n) is 3.50. The van der Waals surface area contributed by atoms with Crippen molar-refractivity contribution in [2.24, 2.45) is 0 Å². The van der Waals surface area contributed by atoms with E-state index in [0.29, 0.717) is 44.9 Å². The first kappa shape index (κ1) is 15.2. The van der Waals surface area contributed by atoms with Gasteiger partial charge in [0, 0.05) is 31.9 Å². The number of nitrogen functional groups attached to an aromatic ring is 1. The van der Waals surface area contributed by atoms with Gasteiger partial charge in [0.2, 0.25) is 0 Å². The number of nitrogens with two attached hydrogens (primary N) is 1. The first-order valence-electron chi connectivity index (χ1n) is 7.18. The molecule has 0 bridgehead atoms. The van der Waals surface area contributed by atoms with E-state index in [2.05, 4.69) is 0 Å². The Hall–Kier alpha value is -2.24. The predicted octanol–water partition coefficient (Wildman–Crippen LogP) is 0.728. The molecule has 1 heterocycles. The predicted molar refractivity (Wildman–Crippen MR) is 79.8 cm³/mol. The van der Waals surface area contributed by atoms with Crippen LogP contribution in [0.1, 0.15) is 13.3 Å². The molecule has 1 fully saturated rings. The molecule has 1 saturated heterocycles. The molecular weight excluding hydrogens is 270 g/mol. The zero-order valence-corrected chi connectivity index (χ0v) is 12.2. The zero-order chi connectivity index (χ0) is 15.2. The molecule has 0 atom stereocenters. The number of benzene rings is 1. The second-order valence-corrected chi connectivity index (χ2v) is 4.95. The van der Waals surface area contributed by atoms with E-state index in [1.807, 2.05) is 19.1 Å². The van der Waals surface area contributed by atoms with Crippen LogP contribution in [0.2, 0.25) is 0 Å². The molecule has 0 unspecified atom stereocenters. The molecule has 0 aliphatic carbocycles. The monoisotopic (exact) mass is 291 g/mol. The van der Waals surface area contributed by atoms with Crippen LogP contribution in [0.3, 0.4) is 0 Å². The lowest BCUT2D eigenvalue weighted by Crippen LogP contribution is -2.54. The normalized spacial score (nSPS) is 15.5. The maximum absolute atomic E-state index is 11.9. The highest BCUT2D eigenvalue weighted by atomic mass is 16.5. The van der Waals surface area contributed by atoms with Crippen LogP contribution in [0.25, 0.3) is 0 Å². The highest BCUT2D eigenvalue weighted by molar-refractivity contribution is 6.35. The lowest BCUT2D eigenvalue weighted by molar-refractivity contribution is -0.155. The highest BCUT2D eigenvalue weighted by Gasteiger charge is 2.30. The average molecular weight is 291 g/mol. The van der Waals surface area contributed by atoms with E-state index < -0.39 is 11.8 Å². The molecule has 1 aromatic carbocycles. The maximum Gasteiger partial charge on any atom is 0.312 e. The molecule has 0 radical (unpaired) electrons. The van der Waals surface area contributed by atoms with E-state index in [1.54, 1.807) is 21.9 Å². The molecule has 6 heteroatoms. The van der Waals surface area contributed by atoms with E-state index in [-0.39, 0.29) is 0 Å². The average Bonchev–Trinajstić information content (AvgIpc) is 2.49. The Balaban J connectivity index is 1.72. The summed E-state index contributed by atoms with van der Waals surface area (Å²) in [5.41, 5.74) is 6.29. The number of carbonyl (C=O) groups excluding carboxylic acids is 2. The summed E-state index contributed by atoms with van der Waals surface area (Å²) in [4.78, 5) is 26.8. The van der Waals surface area contributed by atoms with Gasteiger partial charge in [0.25, 0.3) is 0 Å². The minimum atomic E-state index is -0.407. The minimum absolute atomic E-state index is 0.400. The summed E-state index contributed by atoms with van der Waals surface area (Å²) >= 11 is 0. The number of hydrogen-bond donors (Lipinski definition) is 1. The van der Waals surface area contributed by atoms with Crippen molar-refractivity contribution in [1.82, 2.24) is 9.80 Å². The fourth-order valence-corrected chi connectivity index (χ4v) is 2.24. The second kappa shape index (κ2) is 6.97. The van der Waals surface area contributed by atoms with Crippen LogP contribution in [0.15, 0.2) is 24.3 Å². The van der Waals surface area contributed by atoms with E-state index in [9.17, 15) is 9.59 Å². The van der Waals surface area contributed by atoms with Gasteiger partial charge in [-0.2, -0.15) is 0 Å². The Morgan fingerprint density at radius 3 is 2.38 bits per heavy atom. The van der Waals surface area contributed by atoms with Gasteiger partial charge in [-0.25, -0.2) is 0 Å². The van der Waals surface area contributed by atoms with E-state index in [0.717, 1.165) is 5.75 Å². The molecule has 21 heavy (non-hydrogen) atoms. The summed E-state index contributed by atoms with van der Waals surface area (Å²) < 4.78 is 5.57. The molecule has 2 rings (SSSR count). The smallest absolute Gasteiger partial charge is 0.312 e. The van der Waals surface area contributed by atoms with Crippen molar-refractivity contribution in [1.29, 1.82) is 0 Å². The first-order valence-corrected chi connectivity index (χ1v) is 7.18. The van der Waals surface area contributed by atoms with Crippen LogP contribution in [0.4, 0.5) is 5.69 Å². The van der Waals surface area contributed by atoms with Crippen LogP contribution >= 0.6 is 0 Å². The van der Waals surface area contributed by atoms with Crippen LogP contribution in [0.5, 0.6) is 5.75 Å². The molecule has 6 nitrogen and oxygen atoms in total. The largest absolute Gasteiger partial charge is 0.494 e. The van der Waals surface area contributed by atoms with Crippen molar-refractivity contribution >= 4 is 17.5 Å². The van der Waals surface area contributed by atoms with Crippen molar-refractivity contribution in [3.05, 3.63) is 24.3 Å². The van der Waals surface area contributed by atoms with Crippen molar-refractivity contribution in [3.63, 3.8) is 0 Å². The summed E-state index contributed by atoms with van der Waals surface area (Å²) in [6.07, 6.45) is 0.690. The van der Waals surface area contributed by atoms with E-state index >= 15 is 0 Å². The summed E-state index contributed by atoms with van der Waals surface area (Å²) in [5, 5.41) is 0. The fourth-order valence-electron chi connectivity index (χ4n) is 2.24. The number of nitrogens with zero attached hydrogens (tertiary/aromatic N) is 2. The summed E-state index contributed by atoms with van der Waals surface area (Å²) in [7, 11) is 0. The molecular formula is C15H21N3O3. The van der Waals surface area contributed by atoms with E-state index in [4.69, 9.17) is 10.5 Å². The van der Waals surface area contributed by atoms with Crippen LogP contribution in [-0.4, -0.2) is 54.4 Å². The SMILES string of the molecule is CCN1CCN(CCCOc2ccc(N)cc2)C(=O)C1=O. The maximum atomic E-state index is 11.9. The molecule has 1 aliphatic heterocycles. The lowest BCUT2D eigenvalue weighted by Gasteiger charge is -2.33.